The fourth-order valence-electron chi connectivity index (χ4n) is 4.46. The molecule has 3 rings (SSSR count). The Kier molecular flexibility index (Phi) is 6.90. The molecule has 2 heterocycles. The summed E-state index contributed by atoms with van der Waals surface area (Å²) >= 11 is 0. The van der Waals surface area contributed by atoms with Crippen LogP contribution in [-0.2, 0) is 21.3 Å². The first-order valence-corrected chi connectivity index (χ1v) is 10.9. The van der Waals surface area contributed by atoms with Crippen LogP contribution in [0.3, 0.4) is 0 Å². The third-order valence-electron chi connectivity index (χ3n) is 6.30. The molecule has 0 saturated carbocycles. The number of esters is 2. The number of aliphatic hydroxyl groups excluding tert-OH is 1. The Hall–Kier alpha value is -2.60. The largest absolute Gasteiger partial charge is 0.458 e. The predicted octanol–water partition coefficient (Wildman–Crippen LogP) is 4.26. The van der Waals surface area contributed by atoms with Crippen molar-refractivity contribution in [3.63, 3.8) is 0 Å². The van der Waals surface area contributed by atoms with Crippen LogP contribution in [0.2, 0.25) is 0 Å². The molecule has 0 spiro atoms. The summed E-state index contributed by atoms with van der Waals surface area (Å²) in [6.07, 6.45) is 4.66. The van der Waals surface area contributed by atoms with E-state index in [2.05, 4.69) is 27.7 Å². The molecule has 1 atom stereocenters. The van der Waals surface area contributed by atoms with Crippen molar-refractivity contribution in [2.45, 2.75) is 46.1 Å². The number of rotatable bonds is 8. The molecule has 168 valence electrons. The third kappa shape index (κ3) is 4.85. The van der Waals surface area contributed by atoms with Gasteiger partial charge in [0.1, 0.15) is 6.61 Å². The number of aliphatic hydroxyl groups is 1. The van der Waals surface area contributed by atoms with Gasteiger partial charge in [0.05, 0.1) is 12.2 Å². The van der Waals surface area contributed by atoms with Crippen molar-refractivity contribution < 1.29 is 24.2 Å². The lowest BCUT2D eigenvalue weighted by Crippen LogP contribution is -2.39. The monoisotopic (exact) mass is 427 g/mol. The number of carbonyl (C=O) groups is 2. The molecule has 1 saturated heterocycles. The van der Waals surface area contributed by atoms with E-state index in [9.17, 15) is 14.7 Å². The van der Waals surface area contributed by atoms with E-state index < -0.39 is 24.1 Å². The molecule has 6 nitrogen and oxygen atoms in total. The lowest BCUT2D eigenvalue weighted by atomic mass is 9.82. The van der Waals surface area contributed by atoms with Gasteiger partial charge in [0, 0.05) is 36.1 Å². The van der Waals surface area contributed by atoms with Crippen molar-refractivity contribution in [1.29, 1.82) is 0 Å². The normalized spacial score (nSPS) is 20.4. The standard InChI is InChI=1S/C25H33NO5/c1-16(2)19(17(3)4)11-10-18-12-25(14-27,31-23(18)28)15-30-24(29)21-13-26(5)22-9-7-6-8-20(21)22/h6-10,13,16-17,19,27H,11-12,14-15H2,1-5H3/b18-10+. The molecule has 1 fully saturated rings. The van der Waals surface area contributed by atoms with Gasteiger partial charge in [-0.25, -0.2) is 9.59 Å². The second kappa shape index (κ2) is 9.27. The first kappa shape index (κ1) is 23.1. The Balaban J connectivity index is 1.71. The zero-order valence-electron chi connectivity index (χ0n) is 19.1. The van der Waals surface area contributed by atoms with Gasteiger partial charge >= 0.3 is 11.9 Å². The van der Waals surface area contributed by atoms with Crippen molar-refractivity contribution in [3.8, 4) is 0 Å². The minimum atomic E-state index is -1.23. The zero-order valence-corrected chi connectivity index (χ0v) is 19.1. The molecule has 1 aromatic heterocycles. The van der Waals surface area contributed by atoms with Crippen molar-refractivity contribution in [3.05, 3.63) is 47.7 Å². The number of cyclic esters (lactones) is 1. The van der Waals surface area contributed by atoms with E-state index in [0.29, 0.717) is 28.9 Å². The topological polar surface area (TPSA) is 77.8 Å². The Morgan fingerprint density at radius 2 is 1.94 bits per heavy atom. The fraction of sp³-hybridized carbons (Fsp3) is 0.520. The number of para-hydroxylation sites is 1. The minimum Gasteiger partial charge on any atom is -0.458 e. The van der Waals surface area contributed by atoms with Gasteiger partial charge in [-0.1, -0.05) is 52.0 Å². The highest BCUT2D eigenvalue weighted by Crippen LogP contribution is 2.34. The summed E-state index contributed by atoms with van der Waals surface area (Å²) in [7, 11) is 1.87. The Bertz CT molecular complexity index is 979. The summed E-state index contributed by atoms with van der Waals surface area (Å²) in [4.78, 5) is 25.2. The summed E-state index contributed by atoms with van der Waals surface area (Å²) in [5.41, 5.74) is 0.687. The molecule has 2 aromatic rings. The number of hydrogen-bond acceptors (Lipinski definition) is 5. The highest BCUT2D eigenvalue weighted by molar-refractivity contribution is 6.04. The number of fused-ring (bicyclic) bond motifs is 1. The van der Waals surface area contributed by atoms with E-state index in [0.717, 1.165) is 17.3 Å². The highest BCUT2D eigenvalue weighted by atomic mass is 16.6. The summed E-state index contributed by atoms with van der Waals surface area (Å²) < 4.78 is 12.9. The summed E-state index contributed by atoms with van der Waals surface area (Å²) in [6.45, 7) is 8.13. The van der Waals surface area contributed by atoms with Gasteiger partial charge in [-0.2, -0.15) is 0 Å². The van der Waals surface area contributed by atoms with E-state index in [1.807, 2.05) is 42.0 Å². The first-order valence-electron chi connectivity index (χ1n) is 10.9. The van der Waals surface area contributed by atoms with E-state index in [-0.39, 0.29) is 13.0 Å². The summed E-state index contributed by atoms with van der Waals surface area (Å²) in [5, 5.41) is 10.8. The van der Waals surface area contributed by atoms with Gasteiger partial charge in [0.2, 0.25) is 0 Å². The van der Waals surface area contributed by atoms with Crippen LogP contribution in [0.4, 0.5) is 0 Å². The maximum atomic E-state index is 12.7. The van der Waals surface area contributed by atoms with Gasteiger partial charge in [0.15, 0.2) is 5.60 Å². The molecule has 0 radical (unpaired) electrons. The van der Waals surface area contributed by atoms with E-state index >= 15 is 0 Å². The molecule has 6 heteroatoms. The maximum absolute atomic E-state index is 12.7. The van der Waals surface area contributed by atoms with Crippen molar-refractivity contribution >= 4 is 22.8 Å². The van der Waals surface area contributed by atoms with E-state index in [4.69, 9.17) is 9.47 Å². The smallest absolute Gasteiger partial charge is 0.340 e. The van der Waals surface area contributed by atoms with Gasteiger partial charge in [-0.15, -0.1) is 0 Å². The second-order valence-corrected chi connectivity index (χ2v) is 9.27. The van der Waals surface area contributed by atoms with Crippen molar-refractivity contribution in [1.82, 2.24) is 4.57 Å². The number of allylic oxidation sites excluding steroid dienone is 1. The average Bonchev–Trinajstić information content (AvgIpc) is 3.24. The van der Waals surface area contributed by atoms with Crippen LogP contribution in [0.15, 0.2) is 42.1 Å². The molecular weight excluding hydrogens is 394 g/mol. The van der Waals surface area contributed by atoms with Crippen LogP contribution in [0.1, 0.15) is 50.9 Å². The minimum absolute atomic E-state index is 0.188. The third-order valence-corrected chi connectivity index (χ3v) is 6.30. The number of hydrogen-bond donors (Lipinski definition) is 1. The van der Waals surface area contributed by atoms with Gasteiger partial charge in [-0.05, 0) is 30.2 Å². The first-order chi connectivity index (χ1) is 14.7. The van der Waals surface area contributed by atoms with Crippen LogP contribution < -0.4 is 0 Å². The van der Waals surface area contributed by atoms with Crippen LogP contribution in [-0.4, -0.2) is 40.4 Å². The Labute approximate surface area is 183 Å². The number of ether oxygens (including phenoxy) is 2. The van der Waals surface area contributed by atoms with Crippen LogP contribution in [0.5, 0.6) is 0 Å². The maximum Gasteiger partial charge on any atom is 0.340 e. The fourth-order valence-corrected chi connectivity index (χ4v) is 4.46. The second-order valence-electron chi connectivity index (χ2n) is 9.27. The highest BCUT2D eigenvalue weighted by Gasteiger charge is 2.44. The quantitative estimate of drug-likeness (QED) is 0.503. The predicted molar refractivity (Wildman–Crippen MR) is 120 cm³/mol. The number of benzene rings is 1. The van der Waals surface area contributed by atoms with Gasteiger partial charge in [0.25, 0.3) is 0 Å². The lowest BCUT2D eigenvalue weighted by Gasteiger charge is -2.24. The number of aryl methyl sites for hydroxylation is 1. The van der Waals surface area contributed by atoms with E-state index in [1.165, 1.54) is 0 Å². The summed E-state index contributed by atoms with van der Waals surface area (Å²) in [6, 6.07) is 7.57. The average molecular weight is 428 g/mol. The van der Waals surface area contributed by atoms with Crippen molar-refractivity contribution in [2.24, 2.45) is 24.8 Å². The number of nitrogens with zero attached hydrogens (tertiary/aromatic N) is 1. The molecule has 31 heavy (non-hydrogen) atoms. The zero-order chi connectivity index (χ0) is 22.8. The number of aromatic nitrogens is 1. The molecule has 0 amide bonds. The Morgan fingerprint density at radius 1 is 1.26 bits per heavy atom. The van der Waals surface area contributed by atoms with Gasteiger partial charge < -0.3 is 19.1 Å². The molecular formula is C25H33NO5. The van der Waals surface area contributed by atoms with E-state index in [1.54, 1.807) is 6.20 Å². The molecule has 1 aliphatic heterocycles. The summed E-state index contributed by atoms with van der Waals surface area (Å²) in [5.74, 6) is 0.505. The molecule has 0 bridgehead atoms. The molecule has 0 aliphatic carbocycles. The molecule has 1 unspecified atom stereocenters. The number of carbonyl (C=O) groups excluding carboxylic acids is 2. The SMILES string of the molecule is CC(C)C(C/C=C1\CC(CO)(COC(=O)c2cn(C)c3ccccc23)OC1=O)C(C)C. The molecule has 1 N–H and O–H groups in total. The van der Waals surface area contributed by atoms with Gasteiger partial charge in [-0.3, -0.25) is 0 Å². The van der Waals surface area contributed by atoms with Crippen LogP contribution in [0, 0.1) is 17.8 Å². The molecule has 1 aromatic carbocycles. The van der Waals surface area contributed by atoms with Crippen molar-refractivity contribution in [2.75, 3.05) is 13.2 Å². The molecule has 1 aliphatic rings. The Morgan fingerprint density at radius 3 is 2.58 bits per heavy atom. The van der Waals surface area contributed by atoms with Crippen LogP contribution in [0.25, 0.3) is 10.9 Å². The van der Waals surface area contributed by atoms with Crippen LogP contribution >= 0.6 is 0 Å². The lowest BCUT2D eigenvalue weighted by molar-refractivity contribution is -0.154.